The molecule has 3 nitrogen and oxygen atoms in total. The topological polar surface area (TPSA) is 32.3 Å². The smallest absolute Gasteiger partial charge is 0.325 e. The quantitative estimate of drug-likeness (QED) is 0.661. The minimum atomic E-state index is -4.31. The third-order valence-electron chi connectivity index (χ3n) is 5.10. The number of alkyl halides is 3. The SMILES string of the molecule is O=C(Nc1cccc(F)c1)N1CCC(CCc2ccc(C(F)(F)F)cc2)CC1. The number of likely N-dealkylation sites (tertiary alicyclic amines) is 1. The van der Waals surface area contributed by atoms with E-state index < -0.39 is 17.6 Å². The summed E-state index contributed by atoms with van der Waals surface area (Å²) in [4.78, 5) is 14.0. The number of aryl methyl sites for hydroxylation is 1. The summed E-state index contributed by atoms with van der Waals surface area (Å²) in [5.41, 5.74) is 0.683. The maximum atomic E-state index is 13.2. The Labute approximate surface area is 161 Å². The summed E-state index contributed by atoms with van der Waals surface area (Å²) in [5.74, 6) is 0.0280. The Morgan fingerprint density at radius 1 is 1.07 bits per heavy atom. The molecule has 0 aromatic heterocycles. The summed E-state index contributed by atoms with van der Waals surface area (Å²) in [5, 5.41) is 2.70. The molecule has 0 unspecified atom stereocenters. The summed E-state index contributed by atoms with van der Waals surface area (Å²) in [7, 11) is 0. The van der Waals surface area contributed by atoms with Crippen LogP contribution in [0.4, 0.5) is 28.0 Å². The van der Waals surface area contributed by atoms with Gasteiger partial charge in [-0.05, 0) is 67.5 Å². The molecule has 2 aromatic carbocycles. The molecule has 2 aromatic rings. The zero-order chi connectivity index (χ0) is 20.1. The first-order chi connectivity index (χ1) is 13.3. The number of nitrogens with one attached hydrogen (secondary N) is 1. The number of rotatable bonds is 4. The van der Waals surface area contributed by atoms with Crippen LogP contribution in [0.5, 0.6) is 0 Å². The van der Waals surface area contributed by atoms with E-state index >= 15 is 0 Å². The van der Waals surface area contributed by atoms with Crippen molar-refractivity contribution < 1.29 is 22.4 Å². The third-order valence-corrected chi connectivity index (χ3v) is 5.10. The first-order valence-corrected chi connectivity index (χ1v) is 9.29. The number of carbonyl (C=O) groups excluding carboxylic acids is 1. The fourth-order valence-electron chi connectivity index (χ4n) is 3.42. The van der Waals surface area contributed by atoms with Crippen molar-refractivity contribution in [3.8, 4) is 0 Å². The van der Waals surface area contributed by atoms with Crippen molar-refractivity contribution in [1.82, 2.24) is 4.90 Å². The number of piperidine rings is 1. The van der Waals surface area contributed by atoms with Gasteiger partial charge in [0.2, 0.25) is 0 Å². The molecule has 0 saturated carbocycles. The molecule has 0 spiro atoms. The minimum Gasteiger partial charge on any atom is -0.325 e. The van der Waals surface area contributed by atoms with E-state index in [9.17, 15) is 22.4 Å². The van der Waals surface area contributed by atoms with Crippen molar-refractivity contribution in [3.63, 3.8) is 0 Å². The fourth-order valence-corrected chi connectivity index (χ4v) is 3.42. The first-order valence-electron chi connectivity index (χ1n) is 9.29. The molecule has 1 N–H and O–H groups in total. The second kappa shape index (κ2) is 8.63. The molecule has 0 aliphatic carbocycles. The highest BCUT2D eigenvalue weighted by atomic mass is 19.4. The van der Waals surface area contributed by atoms with Crippen molar-refractivity contribution in [1.29, 1.82) is 0 Å². The number of hydrogen-bond acceptors (Lipinski definition) is 1. The molecule has 1 saturated heterocycles. The van der Waals surface area contributed by atoms with Crippen LogP contribution in [0.15, 0.2) is 48.5 Å². The number of carbonyl (C=O) groups is 1. The Bertz CT molecular complexity index is 797. The molecule has 3 rings (SSSR count). The number of halogens is 4. The van der Waals surface area contributed by atoms with Crippen LogP contribution in [0.2, 0.25) is 0 Å². The predicted octanol–water partition coefficient (Wildman–Crippen LogP) is 5.72. The van der Waals surface area contributed by atoms with Gasteiger partial charge in [-0.3, -0.25) is 0 Å². The molecule has 0 radical (unpaired) electrons. The van der Waals surface area contributed by atoms with Crippen LogP contribution in [-0.2, 0) is 12.6 Å². The van der Waals surface area contributed by atoms with E-state index in [0.717, 1.165) is 43.4 Å². The highest BCUT2D eigenvalue weighted by molar-refractivity contribution is 5.89. The van der Waals surface area contributed by atoms with Crippen molar-refractivity contribution >= 4 is 11.7 Å². The van der Waals surface area contributed by atoms with E-state index in [2.05, 4.69) is 5.32 Å². The molecule has 1 aliphatic heterocycles. The van der Waals surface area contributed by atoms with Crippen LogP contribution in [0.1, 0.15) is 30.4 Å². The standard InChI is InChI=1S/C21H22F4N2O/c22-18-2-1-3-19(14-18)26-20(28)27-12-10-16(11-13-27)5-4-15-6-8-17(9-7-15)21(23,24)25/h1-3,6-9,14,16H,4-5,10-13H2,(H,26,28). The van der Waals surface area contributed by atoms with Gasteiger partial charge in [-0.1, -0.05) is 18.2 Å². The van der Waals surface area contributed by atoms with Gasteiger partial charge >= 0.3 is 12.2 Å². The monoisotopic (exact) mass is 394 g/mol. The van der Waals surface area contributed by atoms with Gasteiger partial charge in [0.25, 0.3) is 0 Å². The molecular weight excluding hydrogens is 372 g/mol. The highest BCUT2D eigenvalue weighted by Crippen LogP contribution is 2.30. The van der Waals surface area contributed by atoms with Gasteiger partial charge in [0.1, 0.15) is 5.82 Å². The second-order valence-electron chi connectivity index (χ2n) is 7.10. The van der Waals surface area contributed by atoms with E-state index in [4.69, 9.17) is 0 Å². The van der Waals surface area contributed by atoms with Gasteiger partial charge < -0.3 is 10.2 Å². The van der Waals surface area contributed by atoms with Crippen LogP contribution in [0.3, 0.4) is 0 Å². The lowest BCUT2D eigenvalue weighted by atomic mass is 9.90. The number of hydrogen-bond donors (Lipinski definition) is 1. The number of benzene rings is 2. The average molecular weight is 394 g/mol. The van der Waals surface area contributed by atoms with Gasteiger partial charge in [0.05, 0.1) is 5.56 Å². The number of nitrogens with zero attached hydrogens (tertiary/aromatic N) is 1. The van der Waals surface area contributed by atoms with Gasteiger partial charge in [-0.15, -0.1) is 0 Å². The Hall–Kier alpha value is -2.57. The summed E-state index contributed by atoms with van der Waals surface area (Å²) < 4.78 is 51.0. The minimum absolute atomic E-state index is 0.244. The molecule has 2 amide bonds. The molecule has 7 heteroatoms. The second-order valence-corrected chi connectivity index (χ2v) is 7.10. The normalized spacial score (nSPS) is 15.5. The summed E-state index contributed by atoms with van der Waals surface area (Å²) >= 11 is 0. The summed E-state index contributed by atoms with van der Waals surface area (Å²) in [6.45, 7) is 1.22. The third kappa shape index (κ3) is 5.47. The van der Waals surface area contributed by atoms with Crippen LogP contribution in [0.25, 0.3) is 0 Å². The average Bonchev–Trinajstić information content (AvgIpc) is 2.66. The summed E-state index contributed by atoms with van der Waals surface area (Å²) in [6.07, 6.45) is -1.02. The van der Waals surface area contributed by atoms with Crippen LogP contribution in [-0.4, -0.2) is 24.0 Å². The maximum Gasteiger partial charge on any atom is 0.416 e. The van der Waals surface area contributed by atoms with E-state index in [1.165, 1.54) is 24.3 Å². The summed E-state index contributed by atoms with van der Waals surface area (Å²) in [6, 6.07) is 10.8. The first kappa shape index (κ1) is 20.2. The van der Waals surface area contributed by atoms with Crippen molar-refractivity contribution in [3.05, 3.63) is 65.5 Å². The van der Waals surface area contributed by atoms with Gasteiger partial charge in [-0.2, -0.15) is 13.2 Å². The highest BCUT2D eigenvalue weighted by Gasteiger charge is 2.30. The molecule has 150 valence electrons. The lowest BCUT2D eigenvalue weighted by Gasteiger charge is -2.32. The van der Waals surface area contributed by atoms with E-state index in [0.29, 0.717) is 24.7 Å². The predicted molar refractivity (Wildman–Crippen MR) is 99.5 cm³/mol. The van der Waals surface area contributed by atoms with Crippen LogP contribution in [0, 0.1) is 11.7 Å². The lowest BCUT2D eigenvalue weighted by molar-refractivity contribution is -0.137. The van der Waals surface area contributed by atoms with E-state index in [1.807, 2.05) is 0 Å². The zero-order valence-corrected chi connectivity index (χ0v) is 15.3. The Balaban J connectivity index is 1.43. The van der Waals surface area contributed by atoms with E-state index in [1.54, 1.807) is 17.0 Å². The van der Waals surface area contributed by atoms with Crippen molar-refractivity contribution in [2.75, 3.05) is 18.4 Å². The van der Waals surface area contributed by atoms with Crippen LogP contribution < -0.4 is 5.32 Å². The molecule has 0 bridgehead atoms. The van der Waals surface area contributed by atoms with Crippen molar-refractivity contribution in [2.45, 2.75) is 31.9 Å². The van der Waals surface area contributed by atoms with Gasteiger partial charge in [-0.25, -0.2) is 9.18 Å². The van der Waals surface area contributed by atoms with Gasteiger partial charge in [0, 0.05) is 18.8 Å². The largest absolute Gasteiger partial charge is 0.416 e. The number of urea groups is 1. The molecule has 1 aliphatic rings. The lowest BCUT2D eigenvalue weighted by Crippen LogP contribution is -2.41. The maximum absolute atomic E-state index is 13.2. The molecule has 28 heavy (non-hydrogen) atoms. The molecule has 1 heterocycles. The molecule has 1 fully saturated rings. The molecule has 0 atom stereocenters. The Morgan fingerprint density at radius 2 is 1.75 bits per heavy atom. The zero-order valence-electron chi connectivity index (χ0n) is 15.3. The number of anilines is 1. The molecular formula is C21H22F4N2O. The fraction of sp³-hybridized carbons (Fsp3) is 0.381. The van der Waals surface area contributed by atoms with Crippen LogP contribution >= 0.6 is 0 Å². The Morgan fingerprint density at radius 3 is 2.36 bits per heavy atom. The van der Waals surface area contributed by atoms with Crippen molar-refractivity contribution in [2.24, 2.45) is 5.92 Å². The Kier molecular flexibility index (Phi) is 6.21. The van der Waals surface area contributed by atoms with E-state index in [-0.39, 0.29) is 6.03 Å². The van der Waals surface area contributed by atoms with Gasteiger partial charge in [0.15, 0.2) is 0 Å². The number of amides is 2.